The number of amides is 1. The molecule has 1 aromatic heterocycles. The molecule has 7 nitrogen and oxygen atoms in total. The summed E-state index contributed by atoms with van der Waals surface area (Å²) in [5, 5.41) is 3.72. The number of carbonyl (C=O) groups is 1. The van der Waals surface area contributed by atoms with E-state index in [1.54, 1.807) is 0 Å². The van der Waals surface area contributed by atoms with E-state index in [2.05, 4.69) is 10.1 Å². The van der Waals surface area contributed by atoms with E-state index >= 15 is 0 Å². The van der Waals surface area contributed by atoms with Gasteiger partial charge in [-0.2, -0.15) is 4.98 Å². The molecule has 1 atom stereocenters. The van der Waals surface area contributed by atoms with E-state index in [0.29, 0.717) is 0 Å². The molecule has 140 valence electrons. The predicted molar refractivity (Wildman–Crippen MR) is 83.9 cm³/mol. The van der Waals surface area contributed by atoms with Crippen LogP contribution in [0.5, 0.6) is 0 Å². The Labute approximate surface area is 145 Å². The van der Waals surface area contributed by atoms with Gasteiger partial charge in [0, 0.05) is 13.5 Å². The molecule has 0 spiro atoms. The number of nitrogens with zero attached hydrogens (tertiary/aromatic N) is 4. The minimum absolute atomic E-state index is 0.0495. The lowest BCUT2D eigenvalue weighted by atomic mass is 10.2. The van der Waals surface area contributed by atoms with Crippen molar-refractivity contribution in [3.05, 3.63) is 11.7 Å². The van der Waals surface area contributed by atoms with Gasteiger partial charge < -0.3 is 14.2 Å². The molecule has 1 aromatic rings. The summed E-state index contributed by atoms with van der Waals surface area (Å²) >= 11 is 0. The summed E-state index contributed by atoms with van der Waals surface area (Å²) in [6, 6.07) is -0.882. The van der Waals surface area contributed by atoms with Crippen molar-refractivity contribution >= 4 is 5.91 Å². The van der Waals surface area contributed by atoms with Crippen LogP contribution in [0, 0.1) is 0 Å². The van der Waals surface area contributed by atoms with E-state index in [4.69, 9.17) is 9.26 Å². The summed E-state index contributed by atoms with van der Waals surface area (Å²) in [4.78, 5) is 20.0. The monoisotopic (exact) mass is 358 g/mol. The maximum Gasteiger partial charge on any atom is 0.267 e. The molecule has 0 saturated carbocycles. The highest BCUT2D eigenvalue weighted by Crippen LogP contribution is 2.40. The molecule has 0 N–H and O–H groups in total. The van der Waals surface area contributed by atoms with Crippen molar-refractivity contribution in [3.8, 4) is 0 Å². The summed E-state index contributed by atoms with van der Waals surface area (Å²) in [6.45, 7) is 1.35. The Morgan fingerprint density at radius 1 is 1.32 bits per heavy atom. The molecular formula is C16H24F2N4O3. The molecule has 0 aromatic carbocycles. The van der Waals surface area contributed by atoms with Gasteiger partial charge in [0.15, 0.2) is 5.82 Å². The van der Waals surface area contributed by atoms with Crippen LogP contribution < -0.4 is 0 Å². The third-order valence-electron chi connectivity index (χ3n) is 4.69. The molecule has 0 radical (unpaired) electrons. The molecule has 2 aliphatic heterocycles. The highest BCUT2D eigenvalue weighted by atomic mass is 19.3. The summed E-state index contributed by atoms with van der Waals surface area (Å²) in [5.74, 6) is -2.92. The van der Waals surface area contributed by atoms with Gasteiger partial charge in [-0.15, -0.1) is 0 Å². The third-order valence-corrected chi connectivity index (χ3v) is 4.69. The van der Waals surface area contributed by atoms with Crippen molar-refractivity contribution in [2.45, 2.75) is 50.7 Å². The summed E-state index contributed by atoms with van der Waals surface area (Å²) < 4.78 is 37.9. The molecule has 3 heterocycles. The van der Waals surface area contributed by atoms with Crippen molar-refractivity contribution in [2.75, 3.05) is 33.3 Å². The molecule has 2 fully saturated rings. The number of rotatable bonds is 5. The van der Waals surface area contributed by atoms with E-state index in [9.17, 15) is 13.6 Å². The zero-order valence-corrected chi connectivity index (χ0v) is 14.4. The number of hydrogen-bond acceptors (Lipinski definition) is 6. The first-order valence-corrected chi connectivity index (χ1v) is 8.69. The number of halogens is 2. The average Bonchev–Trinajstić information content (AvgIpc) is 3.04. The Morgan fingerprint density at radius 3 is 2.72 bits per heavy atom. The lowest BCUT2D eigenvalue weighted by Gasteiger charge is -2.26. The van der Waals surface area contributed by atoms with Crippen LogP contribution in [0.1, 0.15) is 49.9 Å². The summed E-state index contributed by atoms with van der Waals surface area (Å²) in [7, 11) is 1.48. The first kappa shape index (κ1) is 18.2. The van der Waals surface area contributed by atoms with E-state index in [0.717, 1.165) is 38.8 Å². The largest absolute Gasteiger partial charge is 0.377 e. The summed E-state index contributed by atoms with van der Waals surface area (Å²) in [6.07, 6.45) is 3.89. The van der Waals surface area contributed by atoms with Crippen molar-refractivity contribution in [1.29, 1.82) is 0 Å². The Balaban J connectivity index is 1.70. The van der Waals surface area contributed by atoms with E-state index in [1.807, 2.05) is 4.90 Å². The lowest BCUT2D eigenvalue weighted by Crippen LogP contribution is -2.41. The number of methoxy groups -OCH3 is 1. The minimum atomic E-state index is -2.95. The Hall–Kier alpha value is -1.61. The normalized spacial score (nSPS) is 24.4. The predicted octanol–water partition coefficient (Wildman–Crippen LogP) is 2.00. The highest BCUT2D eigenvalue weighted by molar-refractivity contribution is 5.79. The number of likely N-dealkylation sites (tertiary alicyclic amines) is 2. The molecule has 2 aliphatic rings. The molecule has 0 bridgehead atoms. The van der Waals surface area contributed by atoms with Crippen LogP contribution in [-0.4, -0.2) is 65.1 Å². The molecule has 0 aliphatic carbocycles. The standard InChI is InChI=1S/C16H24F2N4O3/c1-24-10-13-19-15(25-20-13)12-8-16(17,18)11-22(12)14(23)9-21-6-4-2-3-5-7-21/h12H,2-11H2,1H3/t12-/m0/s1. The van der Waals surface area contributed by atoms with E-state index in [1.165, 1.54) is 12.0 Å². The van der Waals surface area contributed by atoms with Crippen molar-refractivity contribution in [2.24, 2.45) is 0 Å². The van der Waals surface area contributed by atoms with Gasteiger partial charge in [-0.1, -0.05) is 18.0 Å². The van der Waals surface area contributed by atoms with Crippen LogP contribution in [0.4, 0.5) is 8.78 Å². The van der Waals surface area contributed by atoms with Crippen molar-refractivity contribution in [1.82, 2.24) is 19.9 Å². The fourth-order valence-corrected chi connectivity index (χ4v) is 3.47. The zero-order valence-electron chi connectivity index (χ0n) is 14.4. The quantitative estimate of drug-likeness (QED) is 0.802. The van der Waals surface area contributed by atoms with Crippen LogP contribution in [0.15, 0.2) is 4.52 Å². The molecule has 25 heavy (non-hydrogen) atoms. The summed E-state index contributed by atoms with van der Waals surface area (Å²) in [5.41, 5.74) is 0. The van der Waals surface area contributed by atoms with E-state index in [-0.39, 0.29) is 30.8 Å². The molecule has 0 unspecified atom stereocenters. The van der Waals surface area contributed by atoms with Crippen LogP contribution in [0.2, 0.25) is 0 Å². The molecule has 2 saturated heterocycles. The second kappa shape index (κ2) is 7.74. The fourth-order valence-electron chi connectivity index (χ4n) is 3.47. The highest BCUT2D eigenvalue weighted by Gasteiger charge is 2.49. The average molecular weight is 358 g/mol. The fraction of sp³-hybridized carbons (Fsp3) is 0.812. The maximum absolute atomic E-state index is 14.0. The zero-order chi connectivity index (χ0) is 17.9. The first-order valence-electron chi connectivity index (χ1n) is 8.69. The minimum Gasteiger partial charge on any atom is -0.377 e. The third kappa shape index (κ3) is 4.52. The smallest absolute Gasteiger partial charge is 0.267 e. The van der Waals surface area contributed by atoms with Crippen molar-refractivity contribution < 1.29 is 22.8 Å². The van der Waals surface area contributed by atoms with Crippen molar-refractivity contribution in [3.63, 3.8) is 0 Å². The first-order chi connectivity index (χ1) is 12.0. The van der Waals surface area contributed by atoms with Gasteiger partial charge in [-0.05, 0) is 25.9 Å². The second-order valence-electron chi connectivity index (χ2n) is 6.77. The topological polar surface area (TPSA) is 71.7 Å². The van der Waals surface area contributed by atoms with Crippen LogP contribution in [-0.2, 0) is 16.1 Å². The van der Waals surface area contributed by atoms with Gasteiger partial charge in [0.25, 0.3) is 5.92 Å². The lowest BCUT2D eigenvalue weighted by molar-refractivity contribution is -0.135. The van der Waals surface area contributed by atoms with Gasteiger partial charge in [0.1, 0.15) is 12.6 Å². The number of alkyl halides is 2. The van der Waals surface area contributed by atoms with Crippen LogP contribution in [0.3, 0.4) is 0 Å². The number of aromatic nitrogens is 2. The van der Waals surface area contributed by atoms with Gasteiger partial charge in [-0.25, -0.2) is 8.78 Å². The number of carbonyl (C=O) groups excluding carboxylic acids is 1. The molecular weight excluding hydrogens is 334 g/mol. The maximum atomic E-state index is 14.0. The Kier molecular flexibility index (Phi) is 5.63. The van der Waals surface area contributed by atoms with E-state index < -0.39 is 24.9 Å². The van der Waals surface area contributed by atoms with Crippen LogP contribution >= 0.6 is 0 Å². The molecule has 9 heteroatoms. The van der Waals surface area contributed by atoms with Gasteiger partial charge >= 0.3 is 0 Å². The molecule has 3 rings (SSSR count). The SMILES string of the molecule is COCc1noc([C@@H]2CC(F)(F)CN2C(=O)CN2CCCCCC2)n1. The Morgan fingerprint density at radius 2 is 2.04 bits per heavy atom. The van der Waals surface area contributed by atoms with Gasteiger partial charge in [-0.3, -0.25) is 9.69 Å². The number of hydrogen-bond donors (Lipinski definition) is 0. The van der Waals surface area contributed by atoms with Gasteiger partial charge in [0.05, 0.1) is 13.1 Å². The van der Waals surface area contributed by atoms with Gasteiger partial charge in [0.2, 0.25) is 11.8 Å². The number of ether oxygens (including phenoxy) is 1. The second-order valence-corrected chi connectivity index (χ2v) is 6.77. The molecule has 1 amide bonds. The van der Waals surface area contributed by atoms with Crippen LogP contribution in [0.25, 0.3) is 0 Å². The Bertz CT molecular complexity index is 588.